The summed E-state index contributed by atoms with van der Waals surface area (Å²) in [7, 11) is 0. The molecule has 0 aromatic heterocycles. The first-order valence-electron chi connectivity index (χ1n) is 8.94. The molecule has 0 spiro atoms. The SMILES string of the molecule is CC(C)C1CN(C(=O)CCC2CCCCC2)C(C)(C)CN1. The summed E-state index contributed by atoms with van der Waals surface area (Å²) in [5.41, 5.74) is -0.0466. The summed E-state index contributed by atoms with van der Waals surface area (Å²) in [6.45, 7) is 10.6. The Kier molecular flexibility index (Phi) is 5.70. The first-order valence-corrected chi connectivity index (χ1v) is 8.94. The number of nitrogens with one attached hydrogen (secondary N) is 1. The highest BCUT2D eigenvalue weighted by atomic mass is 16.2. The molecule has 0 radical (unpaired) electrons. The van der Waals surface area contributed by atoms with Gasteiger partial charge < -0.3 is 10.2 Å². The second-order valence-electron chi connectivity index (χ2n) is 8.09. The van der Waals surface area contributed by atoms with Crippen LogP contribution in [0.5, 0.6) is 0 Å². The highest BCUT2D eigenvalue weighted by molar-refractivity contribution is 5.77. The number of rotatable bonds is 4. The van der Waals surface area contributed by atoms with Crippen LogP contribution in [0.25, 0.3) is 0 Å². The van der Waals surface area contributed by atoms with Crippen LogP contribution in [0, 0.1) is 11.8 Å². The minimum Gasteiger partial charge on any atom is -0.335 e. The van der Waals surface area contributed by atoms with E-state index in [0.29, 0.717) is 17.9 Å². The minimum absolute atomic E-state index is 0.0466. The highest BCUT2D eigenvalue weighted by Gasteiger charge is 2.37. The van der Waals surface area contributed by atoms with Gasteiger partial charge >= 0.3 is 0 Å². The van der Waals surface area contributed by atoms with E-state index < -0.39 is 0 Å². The van der Waals surface area contributed by atoms with E-state index in [0.717, 1.165) is 31.8 Å². The van der Waals surface area contributed by atoms with Crippen LogP contribution in [0.2, 0.25) is 0 Å². The minimum atomic E-state index is -0.0466. The lowest BCUT2D eigenvalue weighted by molar-refractivity contribution is -0.139. The van der Waals surface area contributed by atoms with Gasteiger partial charge in [-0.1, -0.05) is 46.0 Å². The maximum Gasteiger partial charge on any atom is 0.223 e. The summed E-state index contributed by atoms with van der Waals surface area (Å²) in [5, 5.41) is 3.61. The molecule has 1 aliphatic heterocycles. The van der Waals surface area contributed by atoms with E-state index in [1.165, 1.54) is 32.1 Å². The Labute approximate surface area is 130 Å². The zero-order valence-corrected chi connectivity index (χ0v) is 14.5. The zero-order chi connectivity index (χ0) is 15.5. The molecule has 1 saturated heterocycles. The fourth-order valence-electron chi connectivity index (χ4n) is 3.81. The smallest absolute Gasteiger partial charge is 0.223 e. The van der Waals surface area contributed by atoms with Crippen LogP contribution < -0.4 is 5.32 Å². The summed E-state index contributed by atoms with van der Waals surface area (Å²) in [4.78, 5) is 14.9. The quantitative estimate of drug-likeness (QED) is 0.859. The lowest BCUT2D eigenvalue weighted by Crippen LogP contribution is -2.64. The summed E-state index contributed by atoms with van der Waals surface area (Å²) in [6, 6.07) is 0.441. The first-order chi connectivity index (χ1) is 9.90. The van der Waals surface area contributed by atoms with Gasteiger partial charge in [-0.15, -0.1) is 0 Å². The number of amides is 1. The predicted octanol–water partition coefficient (Wildman–Crippen LogP) is 3.58. The van der Waals surface area contributed by atoms with E-state index in [1.807, 2.05) is 0 Å². The molecule has 1 aliphatic carbocycles. The third kappa shape index (κ3) is 4.45. The molecule has 122 valence electrons. The van der Waals surface area contributed by atoms with Gasteiger partial charge in [-0.3, -0.25) is 4.79 Å². The summed E-state index contributed by atoms with van der Waals surface area (Å²) >= 11 is 0. The van der Waals surface area contributed by atoms with Crippen LogP contribution in [0.4, 0.5) is 0 Å². The molecule has 0 bridgehead atoms. The van der Waals surface area contributed by atoms with Gasteiger partial charge in [0.05, 0.1) is 0 Å². The van der Waals surface area contributed by atoms with Gasteiger partial charge in [0, 0.05) is 31.1 Å². The zero-order valence-electron chi connectivity index (χ0n) is 14.5. The molecule has 0 aromatic carbocycles. The largest absolute Gasteiger partial charge is 0.335 e. The van der Waals surface area contributed by atoms with Crippen LogP contribution in [0.1, 0.15) is 72.6 Å². The molecule has 1 saturated carbocycles. The van der Waals surface area contributed by atoms with Crippen molar-refractivity contribution in [2.45, 2.75) is 84.2 Å². The molecule has 1 unspecified atom stereocenters. The fraction of sp³-hybridized carbons (Fsp3) is 0.944. The van der Waals surface area contributed by atoms with Crippen LogP contribution in [-0.2, 0) is 4.79 Å². The molecule has 0 aromatic rings. The van der Waals surface area contributed by atoms with E-state index in [-0.39, 0.29) is 5.54 Å². The van der Waals surface area contributed by atoms with Crippen LogP contribution >= 0.6 is 0 Å². The molecule has 1 heterocycles. The Bertz CT molecular complexity index is 345. The standard InChI is InChI=1S/C18H34N2O/c1-14(2)16-12-20(18(3,4)13-19-16)17(21)11-10-15-8-6-5-7-9-15/h14-16,19H,5-13H2,1-4H3. The van der Waals surface area contributed by atoms with E-state index in [4.69, 9.17) is 0 Å². The third-order valence-corrected chi connectivity index (χ3v) is 5.50. The maximum absolute atomic E-state index is 12.7. The molecule has 21 heavy (non-hydrogen) atoms. The molecule has 2 fully saturated rings. The number of nitrogens with zero attached hydrogens (tertiary/aromatic N) is 1. The summed E-state index contributed by atoms with van der Waals surface area (Å²) < 4.78 is 0. The normalized spacial score (nSPS) is 27.1. The number of piperazine rings is 1. The van der Waals surface area contributed by atoms with Gasteiger partial charge in [0.15, 0.2) is 0 Å². The van der Waals surface area contributed by atoms with Crippen molar-refractivity contribution in [3.8, 4) is 0 Å². The lowest BCUT2D eigenvalue weighted by Gasteiger charge is -2.47. The molecule has 3 heteroatoms. The molecule has 2 aliphatic rings. The molecular formula is C18H34N2O. The van der Waals surface area contributed by atoms with Gasteiger partial charge in [0.25, 0.3) is 0 Å². The fourth-order valence-corrected chi connectivity index (χ4v) is 3.81. The molecular weight excluding hydrogens is 260 g/mol. The first kappa shape index (κ1) is 16.8. The van der Waals surface area contributed by atoms with Crippen molar-refractivity contribution in [3.63, 3.8) is 0 Å². The van der Waals surface area contributed by atoms with Crippen molar-refractivity contribution in [1.82, 2.24) is 10.2 Å². The van der Waals surface area contributed by atoms with Crippen LogP contribution in [0.15, 0.2) is 0 Å². The third-order valence-electron chi connectivity index (χ3n) is 5.50. The highest BCUT2D eigenvalue weighted by Crippen LogP contribution is 2.29. The second kappa shape index (κ2) is 7.13. The second-order valence-corrected chi connectivity index (χ2v) is 8.09. The van der Waals surface area contributed by atoms with Crippen molar-refractivity contribution >= 4 is 5.91 Å². The predicted molar refractivity (Wildman–Crippen MR) is 88.2 cm³/mol. The molecule has 1 N–H and O–H groups in total. The number of hydrogen-bond acceptors (Lipinski definition) is 2. The van der Waals surface area contributed by atoms with Crippen molar-refractivity contribution in [2.24, 2.45) is 11.8 Å². The number of carbonyl (C=O) groups is 1. The van der Waals surface area contributed by atoms with Gasteiger partial charge in [-0.05, 0) is 32.1 Å². The Hall–Kier alpha value is -0.570. The van der Waals surface area contributed by atoms with Gasteiger partial charge in [-0.25, -0.2) is 0 Å². The topological polar surface area (TPSA) is 32.3 Å². The lowest BCUT2D eigenvalue weighted by atomic mass is 9.85. The average Bonchev–Trinajstić information content (AvgIpc) is 2.45. The van der Waals surface area contributed by atoms with Gasteiger partial charge in [0.2, 0.25) is 5.91 Å². The monoisotopic (exact) mass is 294 g/mol. The van der Waals surface area contributed by atoms with Crippen LogP contribution in [0.3, 0.4) is 0 Å². The van der Waals surface area contributed by atoms with Gasteiger partial charge in [0.1, 0.15) is 0 Å². The number of carbonyl (C=O) groups excluding carboxylic acids is 1. The molecule has 2 rings (SSSR count). The summed E-state index contributed by atoms with van der Waals surface area (Å²) in [6.07, 6.45) is 8.66. The Balaban J connectivity index is 1.88. The van der Waals surface area contributed by atoms with Crippen molar-refractivity contribution in [3.05, 3.63) is 0 Å². The Morgan fingerprint density at radius 1 is 1.24 bits per heavy atom. The van der Waals surface area contributed by atoms with E-state index in [2.05, 4.69) is 37.9 Å². The van der Waals surface area contributed by atoms with Crippen molar-refractivity contribution in [2.75, 3.05) is 13.1 Å². The van der Waals surface area contributed by atoms with Crippen molar-refractivity contribution in [1.29, 1.82) is 0 Å². The van der Waals surface area contributed by atoms with E-state index >= 15 is 0 Å². The maximum atomic E-state index is 12.7. The Morgan fingerprint density at radius 3 is 2.52 bits per heavy atom. The number of hydrogen-bond donors (Lipinski definition) is 1. The molecule has 1 atom stereocenters. The molecule has 1 amide bonds. The van der Waals surface area contributed by atoms with E-state index in [1.54, 1.807) is 0 Å². The van der Waals surface area contributed by atoms with Crippen molar-refractivity contribution < 1.29 is 4.79 Å². The van der Waals surface area contributed by atoms with Crippen LogP contribution in [-0.4, -0.2) is 35.5 Å². The molecule has 3 nitrogen and oxygen atoms in total. The summed E-state index contributed by atoms with van der Waals surface area (Å²) in [5.74, 6) is 1.75. The van der Waals surface area contributed by atoms with Gasteiger partial charge in [-0.2, -0.15) is 0 Å². The average molecular weight is 294 g/mol. The van der Waals surface area contributed by atoms with E-state index in [9.17, 15) is 4.79 Å². The Morgan fingerprint density at radius 2 is 1.90 bits per heavy atom.